The number of anilines is 1. The summed E-state index contributed by atoms with van der Waals surface area (Å²) >= 11 is 0. The van der Waals surface area contributed by atoms with Crippen molar-refractivity contribution < 1.29 is 0 Å². The molecule has 0 radical (unpaired) electrons. The van der Waals surface area contributed by atoms with Crippen LogP contribution in [0.15, 0.2) is 83.9 Å². The molecule has 1 saturated heterocycles. The molecule has 0 unspecified atom stereocenters. The Morgan fingerprint density at radius 2 is 1.46 bits per heavy atom. The van der Waals surface area contributed by atoms with Gasteiger partial charge in [-0.2, -0.15) is 0 Å². The van der Waals surface area contributed by atoms with E-state index in [1.165, 1.54) is 16.8 Å². The molecule has 3 nitrogen and oxygen atoms in total. The van der Waals surface area contributed by atoms with Crippen LogP contribution in [0.25, 0.3) is 0 Å². The number of piperazine rings is 1. The van der Waals surface area contributed by atoms with Crippen LogP contribution in [-0.4, -0.2) is 37.3 Å². The van der Waals surface area contributed by atoms with E-state index >= 15 is 0 Å². The monoisotopic (exact) mass is 369 g/mol. The Labute approximate surface area is 168 Å². The Hall–Kier alpha value is -2.91. The molecule has 0 atom stereocenters. The van der Waals surface area contributed by atoms with Gasteiger partial charge in [0.2, 0.25) is 0 Å². The quantitative estimate of drug-likeness (QED) is 0.585. The molecule has 1 aliphatic rings. The van der Waals surface area contributed by atoms with Crippen molar-refractivity contribution in [2.75, 3.05) is 31.1 Å². The summed E-state index contributed by atoms with van der Waals surface area (Å²) in [7, 11) is 0. The van der Waals surface area contributed by atoms with Crippen molar-refractivity contribution in [3.05, 3.63) is 95.6 Å². The molecule has 28 heavy (non-hydrogen) atoms. The van der Waals surface area contributed by atoms with E-state index in [0.29, 0.717) is 0 Å². The van der Waals surface area contributed by atoms with Crippen LogP contribution in [0.1, 0.15) is 16.7 Å². The Balaban J connectivity index is 1.31. The molecule has 0 amide bonds. The maximum absolute atomic E-state index is 4.60. The fourth-order valence-electron chi connectivity index (χ4n) is 3.56. The smallest absolute Gasteiger partial charge is 0.0631 e. The molecule has 0 aliphatic carbocycles. The van der Waals surface area contributed by atoms with E-state index in [1.54, 1.807) is 0 Å². The van der Waals surface area contributed by atoms with Gasteiger partial charge in [0.25, 0.3) is 0 Å². The number of aryl methyl sites for hydroxylation is 1. The lowest BCUT2D eigenvalue weighted by molar-refractivity contribution is 0.250. The van der Waals surface area contributed by atoms with Crippen LogP contribution >= 0.6 is 0 Å². The van der Waals surface area contributed by atoms with E-state index in [2.05, 4.69) is 101 Å². The Morgan fingerprint density at radius 1 is 0.786 bits per heavy atom. The van der Waals surface area contributed by atoms with Gasteiger partial charge in [-0.25, -0.2) is 0 Å². The van der Waals surface area contributed by atoms with Gasteiger partial charge in [-0.3, -0.25) is 9.89 Å². The molecule has 0 spiro atoms. The zero-order valence-electron chi connectivity index (χ0n) is 16.5. The predicted molar refractivity (Wildman–Crippen MR) is 119 cm³/mol. The highest BCUT2D eigenvalue weighted by molar-refractivity contribution is 5.82. The molecule has 0 bridgehead atoms. The van der Waals surface area contributed by atoms with Crippen molar-refractivity contribution in [3.8, 4) is 0 Å². The lowest BCUT2D eigenvalue weighted by Gasteiger charge is -2.36. The normalized spacial score (nSPS) is 15.2. The van der Waals surface area contributed by atoms with Gasteiger partial charge in [0.15, 0.2) is 0 Å². The van der Waals surface area contributed by atoms with Crippen LogP contribution in [-0.2, 0) is 6.54 Å². The van der Waals surface area contributed by atoms with E-state index < -0.39 is 0 Å². The first kappa shape index (κ1) is 18.5. The van der Waals surface area contributed by atoms with Crippen molar-refractivity contribution in [1.29, 1.82) is 0 Å². The maximum Gasteiger partial charge on any atom is 0.0631 e. The lowest BCUT2D eigenvalue weighted by Crippen LogP contribution is -2.45. The van der Waals surface area contributed by atoms with Gasteiger partial charge in [-0.1, -0.05) is 60.2 Å². The first-order valence-electron chi connectivity index (χ1n) is 9.98. The highest BCUT2D eigenvalue weighted by Gasteiger charge is 2.17. The standard InChI is InChI=1S/C25H27N3/c1-21-7-9-22(10-8-21)19-26-24-11-13-25(14-12-24)28-17-15-27(16-18-28)20-23-5-3-2-4-6-23/h2-14,19H,15-18,20H2,1H3. The third kappa shape index (κ3) is 4.87. The zero-order chi connectivity index (χ0) is 19.2. The van der Waals surface area contributed by atoms with Crippen LogP contribution in [0.3, 0.4) is 0 Å². The molecule has 3 heteroatoms. The number of hydrogen-bond acceptors (Lipinski definition) is 3. The van der Waals surface area contributed by atoms with Crippen LogP contribution in [0.4, 0.5) is 11.4 Å². The molecule has 0 saturated carbocycles. The van der Waals surface area contributed by atoms with Crippen molar-refractivity contribution in [2.45, 2.75) is 13.5 Å². The average molecular weight is 370 g/mol. The number of hydrogen-bond donors (Lipinski definition) is 0. The molecule has 0 N–H and O–H groups in total. The molecule has 1 fully saturated rings. The average Bonchev–Trinajstić information content (AvgIpc) is 2.75. The Morgan fingerprint density at radius 3 is 2.14 bits per heavy atom. The van der Waals surface area contributed by atoms with Crippen LogP contribution in [0.5, 0.6) is 0 Å². The molecule has 4 rings (SSSR count). The molecule has 1 heterocycles. The summed E-state index contributed by atoms with van der Waals surface area (Å²) in [5.74, 6) is 0. The van der Waals surface area contributed by atoms with Gasteiger partial charge in [0.1, 0.15) is 0 Å². The Kier molecular flexibility index (Phi) is 5.83. The Bertz CT molecular complexity index is 891. The minimum absolute atomic E-state index is 0.993. The van der Waals surface area contributed by atoms with Gasteiger partial charge >= 0.3 is 0 Å². The summed E-state index contributed by atoms with van der Waals surface area (Å²) in [6.07, 6.45) is 1.93. The van der Waals surface area contributed by atoms with Gasteiger partial charge in [-0.15, -0.1) is 0 Å². The lowest BCUT2D eigenvalue weighted by atomic mass is 10.2. The van der Waals surface area contributed by atoms with E-state index in [9.17, 15) is 0 Å². The molecule has 142 valence electrons. The van der Waals surface area contributed by atoms with E-state index in [4.69, 9.17) is 0 Å². The predicted octanol–water partition coefficient (Wildman–Crippen LogP) is 5.07. The second-order valence-electron chi connectivity index (χ2n) is 7.43. The summed E-state index contributed by atoms with van der Waals surface area (Å²) < 4.78 is 0. The van der Waals surface area contributed by atoms with Crippen molar-refractivity contribution in [2.24, 2.45) is 4.99 Å². The van der Waals surface area contributed by atoms with Crippen molar-refractivity contribution in [1.82, 2.24) is 4.90 Å². The van der Waals surface area contributed by atoms with Gasteiger partial charge in [-0.05, 0) is 42.3 Å². The summed E-state index contributed by atoms with van der Waals surface area (Å²) in [4.78, 5) is 9.60. The third-order valence-electron chi connectivity index (χ3n) is 5.28. The van der Waals surface area contributed by atoms with E-state index in [1.807, 2.05) is 6.21 Å². The zero-order valence-corrected chi connectivity index (χ0v) is 16.5. The first-order valence-corrected chi connectivity index (χ1v) is 9.98. The minimum atomic E-state index is 0.993. The summed E-state index contributed by atoms with van der Waals surface area (Å²) in [5.41, 5.74) is 6.07. The fourth-order valence-corrected chi connectivity index (χ4v) is 3.56. The number of rotatable bonds is 5. The largest absolute Gasteiger partial charge is 0.369 e. The summed E-state index contributed by atoms with van der Waals surface area (Å²) in [6, 6.07) is 27.8. The molecule has 3 aromatic rings. The van der Waals surface area contributed by atoms with E-state index in [-0.39, 0.29) is 0 Å². The fraction of sp³-hybridized carbons (Fsp3) is 0.240. The molecule has 3 aromatic carbocycles. The van der Waals surface area contributed by atoms with Crippen LogP contribution in [0.2, 0.25) is 0 Å². The highest BCUT2D eigenvalue weighted by atomic mass is 15.3. The van der Waals surface area contributed by atoms with Crippen LogP contribution < -0.4 is 4.90 Å². The first-order chi connectivity index (χ1) is 13.8. The van der Waals surface area contributed by atoms with Gasteiger partial charge in [0, 0.05) is 44.6 Å². The van der Waals surface area contributed by atoms with Crippen LogP contribution in [0, 0.1) is 6.92 Å². The summed E-state index contributed by atoms with van der Waals surface area (Å²) in [6.45, 7) is 7.48. The maximum atomic E-state index is 4.60. The van der Waals surface area contributed by atoms with E-state index in [0.717, 1.165) is 44.0 Å². The second kappa shape index (κ2) is 8.85. The third-order valence-corrected chi connectivity index (χ3v) is 5.28. The topological polar surface area (TPSA) is 18.8 Å². The second-order valence-corrected chi connectivity index (χ2v) is 7.43. The number of nitrogens with zero attached hydrogens (tertiary/aromatic N) is 3. The molecular formula is C25H27N3. The van der Waals surface area contributed by atoms with Gasteiger partial charge < -0.3 is 4.90 Å². The number of aliphatic imine (C=N–C) groups is 1. The molecule has 1 aliphatic heterocycles. The molecular weight excluding hydrogens is 342 g/mol. The minimum Gasteiger partial charge on any atom is -0.369 e. The van der Waals surface area contributed by atoms with Crippen molar-refractivity contribution >= 4 is 17.6 Å². The summed E-state index contributed by atoms with van der Waals surface area (Å²) in [5, 5.41) is 0. The SMILES string of the molecule is Cc1ccc(C=Nc2ccc(N3CCN(Cc4ccccc4)CC3)cc2)cc1. The van der Waals surface area contributed by atoms with Crippen molar-refractivity contribution in [3.63, 3.8) is 0 Å². The number of benzene rings is 3. The molecule has 0 aromatic heterocycles. The van der Waals surface area contributed by atoms with Gasteiger partial charge in [0.05, 0.1) is 5.69 Å². The highest BCUT2D eigenvalue weighted by Crippen LogP contribution is 2.21.